The van der Waals surface area contributed by atoms with E-state index in [2.05, 4.69) is 134 Å². The number of carboxylic acids is 1. The Bertz CT molecular complexity index is 1440. The first-order chi connectivity index (χ1) is 31.3. The molecule has 0 radical (unpaired) electrons. The van der Waals surface area contributed by atoms with E-state index in [0.717, 1.165) is 128 Å². The van der Waals surface area contributed by atoms with Crippen LogP contribution in [0.5, 0.6) is 0 Å². The Balaban J connectivity index is 4.39. The minimum Gasteiger partial charge on any atom is -0.480 e. The third-order valence-corrected chi connectivity index (χ3v) is 10.3. The summed E-state index contributed by atoms with van der Waals surface area (Å²) >= 11 is 0. The number of carbonyl (C=O) groups is 4. The van der Waals surface area contributed by atoms with Crippen LogP contribution >= 0.6 is 0 Å². The molecule has 0 aliphatic rings. The molecule has 2 unspecified atom stereocenters. The predicted octanol–water partition coefficient (Wildman–Crippen LogP) is 13.2. The molecule has 0 rings (SSSR count). The summed E-state index contributed by atoms with van der Waals surface area (Å²) in [6, 6.07) is -1.39. The summed E-state index contributed by atoms with van der Waals surface area (Å²) in [6.07, 6.45) is 65.5. The van der Waals surface area contributed by atoms with Crippen LogP contribution in [0.2, 0.25) is 0 Å². The second kappa shape index (κ2) is 48.0. The molecule has 64 heavy (non-hydrogen) atoms. The number of unbranched alkanes of at least 4 members (excludes halogenated alkanes) is 11. The van der Waals surface area contributed by atoms with Crippen LogP contribution in [-0.4, -0.2) is 59.3 Å². The molecule has 0 spiro atoms. The minimum absolute atomic E-state index is 0.0956. The molecule has 2 atom stereocenters. The highest BCUT2D eigenvalue weighted by Gasteiger charge is 2.19. The smallest absolute Gasteiger partial charge is 0.328 e. The van der Waals surface area contributed by atoms with Gasteiger partial charge in [0.05, 0.1) is 13.2 Å². The first-order valence-electron chi connectivity index (χ1n) is 24.8. The fourth-order valence-corrected chi connectivity index (χ4v) is 6.56. The maximum Gasteiger partial charge on any atom is 0.328 e. The summed E-state index contributed by atoms with van der Waals surface area (Å²) in [7, 11) is 0. The molecule has 0 heterocycles. The summed E-state index contributed by atoms with van der Waals surface area (Å²) < 4.78 is 6.01. The molecule has 0 aromatic carbocycles. The van der Waals surface area contributed by atoms with Crippen molar-refractivity contribution in [2.75, 3.05) is 13.2 Å². The summed E-state index contributed by atoms with van der Waals surface area (Å²) in [4.78, 5) is 47.8. The lowest BCUT2D eigenvalue weighted by atomic mass is 10.0. The number of aliphatic hydroxyl groups excluding tert-OH is 1. The van der Waals surface area contributed by atoms with Gasteiger partial charge in [0.1, 0.15) is 12.1 Å². The van der Waals surface area contributed by atoms with Crippen molar-refractivity contribution in [3.05, 3.63) is 109 Å². The van der Waals surface area contributed by atoms with Crippen LogP contribution in [0.1, 0.15) is 187 Å². The Morgan fingerprint density at radius 2 is 0.875 bits per heavy atom. The van der Waals surface area contributed by atoms with Gasteiger partial charge in [-0.3, -0.25) is 14.4 Å². The van der Waals surface area contributed by atoms with Gasteiger partial charge < -0.3 is 25.6 Å². The number of nitrogens with one attached hydrogen (secondary N) is 2. The molecule has 0 saturated heterocycles. The molecule has 0 fully saturated rings. The van der Waals surface area contributed by atoms with E-state index in [9.17, 15) is 19.2 Å². The molecule has 9 heteroatoms. The van der Waals surface area contributed by atoms with Gasteiger partial charge in [0.15, 0.2) is 0 Å². The molecule has 0 saturated carbocycles. The molecule has 0 bridgehead atoms. The van der Waals surface area contributed by atoms with Crippen molar-refractivity contribution in [2.45, 2.75) is 199 Å². The van der Waals surface area contributed by atoms with Crippen LogP contribution in [0.25, 0.3) is 0 Å². The summed E-state index contributed by atoms with van der Waals surface area (Å²) in [5.74, 6) is -2.38. The van der Waals surface area contributed by atoms with Gasteiger partial charge in [0.2, 0.25) is 11.8 Å². The van der Waals surface area contributed by atoms with E-state index in [1.54, 1.807) is 0 Å². The van der Waals surface area contributed by atoms with E-state index in [4.69, 9.17) is 14.9 Å². The Kier molecular flexibility index (Phi) is 44.6. The number of ether oxygens (including phenoxy) is 1. The fraction of sp³-hybridized carbons (Fsp3) is 0.600. The fourth-order valence-electron chi connectivity index (χ4n) is 6.56. The Morgan fingerprint density at radius 3 is 1.34 bits per heavy atom. The second-order valence-corrected chi connectivity index (χ2v) is 16.1. The van der Waals surface area contributed by atoms with E-state index < -0.39 is 24.5 Å². The Hall–Kier alpha value is -4.50. The molecule has 4 N–H and O–H groups in total. The summed E-state index contributed by atoms with van der Waals surface area (Å²) in [5.41, 5.74) is 0. The lowest BCUT2D eigenvalue weighted by Crippen LogP contribution is -2.47. The van der Waals surface area contributed by atoms with Gasteiger partial charge in [-0.1, -0.05) is 175 Å². The number of aliphatic hydroxyl groups is 1. The van der Waals surface area contributed by atoms with Crippen molar-refractivity contribution in [2.24, 2.45) is 0 Å². The first kappa shape index (κ1) is 59.5. The molecular weight excluding hydrogens is 801 g/mol. The predicted molar refractivity (Wildman–Crippen MR) is 268 cm³/mol. The quantitative estimate of drug-likeness (QED) is 0.0271. The molecule has 0 aliphatic carbocycles. The molecule has 0 aromatic rings. The van der Waals surface area contributed by atoms with E-state index in [1.807, 2.05) is 0 Å². The van der Waals surface area contributed by atoms with Crippen molar-refractivity contribution in [1.82, 2.24) is 10.6 Å². The van der Waals surface area contributed by atoms with Crippen LogP contribution < -0.4 is 10.6 Å². The van der Waals surface area contributed by atoms with Crippen molar-refractivity contribution in [1.29, 1.82) is 0 Å². The third kappa shape index (κ3) is 44.1. The number of hydrogen-bond donors (Lipinski definition) is 4. The number of allylic oxidation sites excluding steroid dienone is 18. The van der Waals surface area contributed by atoms with Crippen LogP contribution in [0.4, 0.5) is 0 Å². The Labute approximate surface area is 389 Å². The number of carbonyl (C=O) groups excluding carboxylic acids is 3. The maximum atomic E-state index is 12.9. The maximum absolute atomic E-state index is 12.9. The summed E-state index contributed by atoms with van der Waals surface area (Å²) in [5, 5.41) is 22.6. The molecule has 9 nitrogen and oxygen atoms in total. The van der Waals surface area contributed by atoms with Gasteiger partial charge in [0.25, 0.3) is 0 Å². The van der Waals surface area contributed by atoms with Gasteiger partial charge in [-0.25, -0.2) is 4.79 Å². The van der Waals surface area contributed by atoms with Crippen LogP contribution in [0.3, 0.4) is 0 Å². The van der Waals surface area contributed by atoms with E-state index in [-0.39, 0.29) is 30.9 Å². The number of hydrogen-bond acceptors (Lipinski definition) is 6. The zero-order chi connectivity index (χ0) is 46.8. The minimum atomic E-state index is -1.39. The SMILES string of the molecule is CC/C=C\C/C=C\C/C=C\C/C=C\C/C=C\CCCCCCCCCC(=O)OC(CC/C=C\C/C=C\C/C=C\C/C=C\CC)CCCCCCCC(=O)NCC(=O)NC(CO)C(=O)O. The number of rotatable bonds is 43. The van der Waals surface area contributed by atoms with Gasteiger partial charge in [0, 0.05) is 12.8 Å². The van der Waals surface area contributed by atoms with Crippen molar-refractivity contribution in [3.63, 3.8) is 0 Å². The second-order valence-electron chi connectivity index (χ2n) is 16.1. The highest BCUT2D eigenvalue weighted by atomic mass is 16.5. The zero-order valence-corrected chi connectivity index (χ0v) is 40.0. The molecule has 360 valence electrons. The summed E-state index contributed by atoms with van der Waals surface area (Å²) in [6.45, 7) is 3.24. The number of aliphatic carboxylic acids is 1. The molecule has 2 amide bonds. The van der Waals surface area contributed by atoms with Crippen LogP contribution in [-0.2, 0) is 23.9 Å². The highest BCUT2D eigenvalue weighted by Crippen LogP contribution is 2.17. The Morgan fingerprint density at radius 1 is 0.469 bits per heavy atom. The monoisotopic (exact) mass is 889 g/mol. The highest BCUT2D eigenvalue weighted by molar-refractivity contribution is 5.87. The standard InChI is InChI=1S/C55H88N2O7/c1-3-5-7-9-11-13-15-17-18-19-20-21-22-23-24-25-26-28-30-32-34-39-43-47-54(61)64-50(44-40-36-33-31-29-27-16-14-12-10-8-6-4-2)45-41-37-35-38-42-46-52(59)56-48-53(60)57-51(49-58)55(62)63/h5-8,11-14,17-18,20-21,23-24,27,29,33,36,50-51,58H,3-4,9-10,15-16,19,22,25-26,28,30-32,34-35,37-49H2,1-2H3,(H,56,59)(H,57,60)(H,62,63)/b7-5-,8-6-,13-11-,14-12-,18-17-,21-20-,24-23-,29-27-,36-33-. The molecule has 0 aliphatic heterocycles. The average molecular weight is 889 g/mol. The van der Waals surface area contributed by atoms with E-state index >= 15 is 0 Å². The number of esters is 1. The van der Waals surface area contributed by atoms with Gasteiger partial charge in [-0.2, -0.15) is 0 Å². The van der Waals surface area contributed by atoms with E-state index in [1.165, 1.54) is 25.7 Å². The van der Waals surface area contributed by atoms with Crippen molar-refractivity contribution >= 4 is 23.8 Å². The van der Waals surface area contributed by atoms with Crippen molar-refractivity contribution in [3.8, 4) is 0 Å². The lowest BCUT2D eigenvalue weighted by Gasteiger charge is -2.17. The topological polar surface area (TPSA) is 142 Å². The van der Waals surface area contributed by atoms with Crippen LogP contribution in [0, 0.1) is 0 Å². The average Bonchev–Trinajstić information content (AvgIpc) is 3.28. The third-order valence-electron chi connectivity index (χ3n) is 10.3. The van der Waals surface area contributed by atoms with E-state index in [0.29, 0.717) is 12.8 Å². The number of carboxylic acid groups (broad SMARTS) is 1. The van der Waals surface area contributed by atoms with Gasteiger partial charge in [-0.15, -0.1) is 0 Å². The lowest BCUT2D eigenvalue weighted by molar-refractivity contribution is -0.150. The van der Waals surface area contributed by atoms with Gasteiger partial charge >= 0.3 is 11.9 Å². The van der Waals surface area contributed by atoms with Crippen molar-refractivity contribution < 1.29 is 34.1 Å². The zero-order valence-electron chi connectivity index (χ0n) is 40.0. The van der Waals surface area contributed by atoms with Gasteiger partial charge in [-0.05, 0) is 109 Å². The normalized spacial score (nSPS) is 13.4. The molecule has 0 aromatic heterocycles. The number of amides is 2. The first-order valence-corrected chi connectivity index (χ1v) is 24.8. The molecular formula is C55H88N2O7. The largest absolute Gasteiger partial charge is 0.480 e. The van der Waals surface area contributed by atoms with Crippen LogP contribution in [0.15, 0.2) is 109 Å².